The second-order valence-corrected chi connectivity index (χ2v) is 4.28. The molecule has 3 rings (SSSR count). The fraction of sp³-hybridized carbons (Fsp3) is 0.571. The maximum Gasteiger partial charge on any atom is 0.0448 e. The van der Waals surface area contributed by atoms with Crippen LogP contribution < -0.4 is 10.2 Å². The van der Waals surface area contributed by atoms with Gasteiger partial charge in [0.25, 0.3) is 0 Å². The van der Waals surface area contributed by atoms with Crippen molar-refractivity contribution in [3.05, 3.63) is 28.8 Å². The summed E-state index contributed by atoms with van der Waals surface area (Å²) in [5, 5.41) is 3.47. The zero-order chi connectivity index (χ0) is 11.5. The Labute approximate surface area is 98.7 Å². The van der Waals surface area contributed by atoms with Gasteiger partial charge in [0.15, 0.2) is 0 Å². The van der Waals surface area contributed by atoms with Gasteiger partial charge in [-0.25, -0.2) is 0 Å². The summed E-state index contributed by atoms with van der Waals surface area (Å²) in [7, 11) is 0. The van der Waals surface area contributed by atoms with Crippen molar-refractivity contribution >= 4 is 5.69 Å². The highest BCUT2D eigenvalue weighted by molar-refractivity contribution is 5.66. The van der Waals surface area contributed by atoms with Crippen LogP contribution in [0, 0.1) is 6.92 Å². The molecule has 2 aliphatic heterocycles. The zero-order valence-corrected chi connectivity index (χ0v) is 10.6. The fourth-order valence-corrected chi connectivity index (χ4v) is 2.66. The van der Waals surface area contributed by atoms with Gasteiger partial charge in [0.2, 0.25) is 0 Å². The molecule has 88 valence electrons. The Morgan fingerprint density at radius 1 is 1.19 bits per heavy atom. The molecule has 2 heterocycles. The number of rotatable bonds is 0. The van der Waals surface area contributed by atoms with E-state index in [1.54, 1.807) is 5.56 Å². The first-order valence-electron chi connectivity index (χ1n) is 6.43. The summed E-state index contributed by atoms with van der Waals surface area (Å²) in [6.07, 6.45) is 1.25. The summed E-state index contributed by atoms with van der Waals surface area (Å²) >= 11 is 0. The van der Waals surface area contributed by atoms with E-state index in [0.717, 1.165) is 13.1 Å². The van der Waals surface area contributed by atoms with Crippen molar-refractivity contribution in [3.8, 4) is 0 Å². The number of aryl methyl sites for hydroxylation is 1. The molecule has 0 atom stereocenters. The van der Waals surface area contributed by atoms with E-state index in [2.05, 4.69) is 29.3 Å². The Kier molecular flexibility index (Phi) is 3.49. The molecule has 0 spiro atoms. The van der Waals surface area contributed by atoms with E-state index < -0.39 is 0 Å². The standard InChI is InChI=1S/C12H16N2.C2H6/c1-9-2-3-10-8-13-5-7-14-6-4-11(9)12(10)14;1-2/h2-3,13H,4-8H2,1H3;1-2H3. The minimum atomic E-state index is 1.04. The Bertz CT molecular complexity index is 371. The maximum absolute atomic E-state index is 3.47. The van der Waals surface area contributed by atoms with Gasteiger partial charge in [-0.05, 0) is 30.0 Å². The van der Waals surface area contributed by atoms with E-state index in [0.29, 0.717) is 0 Å². The lowest BCUT2D eigenvalue weighted by Crippen LogP contribution is -2.27. The summed E-state index contributed by atoms with van der Waals surface area (Å²) < 4.78 is 0. The maximum atomic E-state index is 3.47. The fourth-order valence-electron chi connectivity index (χ4n) is 2.66. The predicted molar refractivity (Wildman–Crippen MR) is 70.2 cm³/mol. The zero-order valence-electron chi connectivity index (χ0n) is 10.6. The Morgan fingerprint density at radius 2 is 2.00 bits per heavy atom. The van der Waals surface area contributed by atoms with Crippen LogP contribution >= 0.6 is 0 Å². The number of hydrogen-bond donors (Lipinski definition) is 1. The second-order valence-electron chi connectivity index (χ2n) is 4.28. The molecule has 1 aromatic rings. The first-order chi connectivity index (χ1) is 7.86. The average molecular weight is 218 g/mol. The molecule has 0 saturated carbocycles. The van der Waals surface area contributed by atoms with E-state index >= 15 is 0 Å². The molecule has 0 amide bonds. The van der Waals surface area contributed by atoms with Crippen LogP contribution in [0.25, 0.3) is 0 Å². The van der Waals surface area contributed by atoms with Gasteiger partial charge in [-0.2, -0.15) is 0 Å². The molecule has 0 aromatic heterocycles. The van der Waals surface area contributed by atoms with Crippen LogP contribution in [-0.2, 0) is 13.0 Å². The highest BCUT2D eigenvalue weighted by Gasteiger charge is 2.24. The summed E-state index contributed by atoms with van der Waals surface area (Å²) in [6.45, 7) is 10.8. The number of nitrogens with one attached hydrogen (secondary N) is 1. The van der Waals surface area contributed by atoms with Gasteiger partial charge in [-0.3, -0.25) is 0 Å². The molecule has 0 radical (unpaired) electrons. The van der Waals surface area contributed by atoms with Gasteiger partial charge >= 0.3 is 0 Å². The van der Waals surface area contributed by atoms with Crippen LogP contribution in [0.1, 0.15) is 30.5 Å². The number of benzene rings is 1. The van der Waals surface area contributed by atoms with Crippen LogP contribution in [0.5, 0.6) is 0 Å². The molecule has 0 saturated heterocycles. The highest BCUT2D eigenvalue weighted by atomic mass is 15.2. The van der Waals surface area contributed by atoms with Crippen molar-refractivity contribution in [1.82, 2.24) is 5.32 Å². The highest BCUT2D eigenvalue weighted by Crippen LogP contribution is 2.34. The van der Waals surface area contributed by atoms with Crippen LogP contribution in [0.2, 0.25) is 0 Å². The first kappa shape index (κ1) is 11.5. The topological polar surface area (TPSA) is 15.3 Å². The van der Waals surface area contributed by atoms with E-state index in [1.807, 2.05) is 13.8 Å². The number of hydrogen-bond acceptors (Lipinski definition) is 2. The molecular weight excluding hydrogens is 196 g/mol. The van der Waals surface area contributed by atoms with Gasteiger partial charge in [0.05, 0.1) is 0 Å². The molecule has 2 nitrogen and oxygen atoms in total. The van der Waals surface area contributed by atoms with Gasteiger partial charge in [0.1, 0.15) is 0 Å². The Morgan fingerprint density at radius 3 is 2.81 bits per heavy atom. The van der Waals surface area contributed by atoms with E-state index in [1.165, 1.54) is 36.3 Å². The van der Waals surface area contributed by atoms with Crippen LogP contribution in [-0.4, -0.2) is 19.6 Å². The quantitative estimate of drug-likeness (QED) is 0.719. The van der Waals surface area contributed by atoms with Gasteiger partial charge in [0, 0.05) is 31.9 Å². The van der Waals surface area contributed by atoms with Crippen LogP contribution in [0.15, 0.2) is 12.1 Å². The molecule has 0 aliphatic carbocycles. The van der Waals surface area contributed by atoms with Gasteiger partial charge < -0.3 is 10.2 Å². The Balaban J connectivity index is 0.000000457. The first-order valence-corrected chi connectivity index (χ1v) is 6.43. The van der Waals surface area contributed by atoms with Crippen molar-refractivity contribution < 1.29 is 0 Å². The minimum absolute atomic E-state index is 1.04. The van der Waals surface area contributed by atoms with E-state index in [4.69, 9.17) is 0 Å². The molecule has 0 bridgehead atoms. The lowest BCUT2D eigenvalue weighted by molar-refractivity contribution is 0.692. The number of nitrogens with zero attached hydrogens (tertiary/aromatic N) is 1. The summed E-state index contributed by atoms with van der Waals surface area (Å²) in [5.41, 5.74) is 6.08. The molecule has 0 fully saturated rings. The molecule has 0 unspecified atom stereocenters. The lowest BCUT2D eigenvalue weighted by atomic mass is 10.0. The van der Waals surface area contributed by atoms with Crippen molar-refractivity contribution in [2.75, 3.05) is 24.5 Å². The van der Waals surface area contributed by atoms with Crippen LogP contribution in [0.4, 0.5) is 5.69 Å². The van der Waals surface area contributed by atoms with Crippen molar-refractivity contribution in [2.45, 2.75) is 33.7 Å². The summed E-state index contributed by atoms with van der Waals surface area (Å²) in [6, 6.07) is 4.55. The normalized spacial score (nSPS) is 17.3. The third-order valence-electron chi connectivity index (χ3n) is 3.42. The summed E-state index contributed by atoms with van der Waals surface area (Å²) in [4.78, 5) is 2.54. The molecule has 2 heteroatoms. The molecule has 1 N–H and O–H groups in total. The SMILES string of the molecule is CC.Cc1ccc2c3c1CCN3CCNC2. The monoisotopic (exact) mass is 218 g/mol. The second kappa shape index (κ2) is 4.88. The smallest absolute Gasteiger partial charge is 0.0448 e. The van der Waals surface area contributed by atoms with Crippen LogP contribution in [0.3, 0.4) is 0 Å². The van der Waals surface area contributed by atoms with Crippen molar-refractivity contribution in [2.24, 2.45) is 0 Å². The molecular formula is C14H22N2. The molecule has 16 heavy (non-hydrogen) atoms. The van der Waals surface area contributed by atoms with E-state index in [9.17, 15) is 0 Å². The Hall–Kier alpha value is -1.02. The largest absolute Gasteiger partial charge is 0.369 e. The number of anilines is 1. The third kappa shape index (κ3) is 1.82. The van der Waals surface area contributed by atoms with Crippen molar-refractivity contribution in [1.29, 1.82) is 0 Å². The molecule has 1 aromatic carbocycles. The minimum Gasteiger partial charge on any atom is -0.369 e. The third-order valence-corrected chi connectivity index (χ3v) is 3.42. The predicted octanol–water partition coefficient (Wildman–Crippen LogP) is 2.49. The lowest BCUT2D eigenvalue weighted by Gasteiger charge is -2.18. The summed E-state index contributed by atoms with van der Waals surface area (Å²) in [5.74, 6) is 0. The van der Waals surface area contributed by atoms with E-state index in [-0.39, 0.29) is 0 Å². The van der Waals surface area contributed by atoms with Gasteiger partial charge in [-0.1, -0.05) is 26.0 Å². The molecule has 2 aliphatic rings. The van der Waals surface area contributed by atoms with Crippen molar-refractivity contribution in [3.63, 3.8) is 0 Å². The average Bonchev–Trinajstić information content (AvgIpc) is 2.65. The van der Waals surface area contributed by atoms with Gasteiger partial charge in [-0.15, -0.1) is 0 Å².